The Morgan fingerprint density at radius 3 is 2.24 bits per heavy atom. The lowest BCUT2D eigenvalue weighted by Gasteiger charge is -2.03. The number of anilines is 1. The normalized spacial score (nSPS) is 14.8. The number of nitrogens with two attached hydrogens (primary N) is 1. The molecule has 17 heavy (non-hydrogen) atoms. The van der Waals surface area contributed by atoms with E-state index in [1.807, 2.05) is 0 Å². The van der Waals surface area contributed by atoms with Crippen molar-refractivity contribution in [1.82, 2.24) is 9.97 Å². The molecule has 1 heterocycles. The smallest absolute Gasteiger partial charge is 0.219 e. The zero-order chi connectivity index (χ0) is 11.7. The van der Waals surface area contributed by atoms with Gasteiger partial charge in [-0.25, -0.2) is 9.97 Å². The molecule has 0 aliphatic heterocycles. The number of hydrogen-bond acceptors (Lipinski definition) is 3. The molecule has 1 aliphatic rings. The zero-order valence-electron chi connectivity index (χ0n) is 9.63. The van der Waals surface area contributed by atoms with Crippen LogP contribution in [0.15, 0.2) is 36.7 Å². The summed E-state index contributed by atoms with van der Waals surface area (Å²) < 4.78 is 0. The van der Waals surface area contributed by atoms with Crippen molar-refractivity contribution in [3.63, 3.8) is 0 Å². The van der Waals surface area contributed by atoms with Crippen LogP contribution in [-0.4, -0.2) is 9.97 Å². The first-order valence-electron chi connectivity index (χ1n) is 5.98. The van der Waals surface area contributed by atoms with E-state index in [0.717, 1.165) is 17.0 Å². The monoisotopic (exact) mass is 225 g/mol. The highest BCUT2D eigenvalue weighted by Crippen LogP contribution is 2.32. The second-order valence-corrected chi connectivity index (χ2v) is 4.67. The molecule has 0 amide bonds. The largest absolute Gasteiger partial charge is 0.368 e. The van der Waals surface area contributed by atoms with Crippen molar-refractivity contribution in [3.05, 3.63) is 42.2 Å². The predicted octanol–water partition coefficient (Wildman–Crippen LogP) is 2.68. The lowest BCUT2D eigenvalue weighted by Crippen LogP contribution is -1.93. The summed E-state index contributed by atoms with van der Waals surface area (Å²) in [6, 6.07) is 8.66. The van der Waals surface area contributed by atoms with Gasteiger partial charge >= 0.3 is 0 Å². The van der Waals surface area contributed by atoms with Gasteiger partial charge in [0, 0.05) is 18.0 Å². The van der Waals surface area contributed by atoms with Gasteiger partial charge < -0.3 is 5.73 Å². The molecule has 0 atom stereocenters. The fourth-order valence-electron chi connectivity index (χ4n) is 1.98. The van der Waals surface area contributed by atoms with Gasteiger partial charge in [0.15, 0.2) is 0 Å². The van der Waals surface area contributed by atoms with E-state index in [4.69, 9.17) is 5.73 Å². The number of nitrogens with zero attached hydrogens (tertiary/aromatic N) is 2. The highest BCUT2D eigenvalue weighted by atomic mass is 15.0. The van der Waals surface area contributed by atoms with Crippen LogP contribution in [0, 0.1) is 5.92 Å². The van der Waals surface area contributed by atoms with Crippen LogP contribution in [0.2, 0.25) is 0 Å². The highest BCUT2D eigenvalue weighted by molar-refractivity contribution is 5.62. The number of benzene rings is 1. The molecule has 2 aromatic rings. The summed E-state index contributed by atoms with van der Waals surface area (Å²) in [6.07, 6.45) is 7.54. The molecule has 0 bridgehead atoms. The van der Waals surface area contributed by atoms with Gasteiger partial charge in [-0.05, 0) is 36.3 Å². The number of nitrogen functional groups attached to an aromatic ring is 1. The Morgan fingerprint density at radius 1 is 1.00 bits per heavy atom. The molecule has 3 nitrogen and oxygen atoms in total. The second kappa shape index (κ2) is 4.17. The summed E-state index contributed by atoms with van der Waals surface area (Å²) in [6.45, 7) is 0. The molecule has 3 heteroatoms. The molecule has 0 spiro atoms. The van der Waals surface area contributed by atoms with Crippen LogP contribution in [0.25, 0.3) is 11.1 Å². The minimum absolute atomic E-state index is 0.319. The van der Waals surface area contributed by atoms with E-state index in [-0.39, 0.29) is 0 Å². The van der Waals surface area contributed by atoms with Crippen molar-refractivity contribution in [2.45, 2.75) is 19.3 Å². The Balaban J connectivity index is 1.80. The van der Waals surface area contributed by atoms with Gasteiger partial charge in [0.2, 0.25) is 5.95 Å². The van der Waals surface area contributed by atoms with E-state index < -0.39 is 0 Å². The maximum Gasteiger partial charge on any atom is 0.219 e. The quantitative estimate of drug-likeness (QED) is 0.873. The summed E-state index contributed by atoms with van der Waals surface area (Å²) >= 11 is 0. The van der Waals surface area contributed by atoms with E-state index in [2.05, 4.69) is 34.2 Å². The molecule has 86 valence electrons. The Kier molecular flexibility index (Phi) is 2.52. The van der Waals surface area contributed by atoms with E-state index >= 15 is 0 Å². The van der Waals surface area contributed by atoms with Crippen molar-refractivity contribution in [1.29, 1.82) is 0 Å². The molecule has 1 aromatic carbocycles. The molecule has 3 rings (SSSR count). The van der Waals surface area contributed by atoms with Crippen LogP contribution in [0.5, 0.6) is 0 Å². The third-order valence-corrected chi connectivity index (χ3v) is 3.18. The summed E-state index contributed by atoms with van der Waals surface area (Å²) in [5.74, 6) is 1.25. The predicted molar refractivity (Wildman–Crippen MR) is 68.3 cm³/mol. The van der Waals surface area contributed by atoms with E-state index in [1.54, 1.807) is 12.4 Å². The van der Waals surface area contributed by atoms with Crippen LogP contribution in [-0.2, 0) is 6.42 Å². The van der Waals surface area contributed by atoms with E-state index in [0.29, 0.717) is 5.95 Å². The van der Waals surface area contributed by atoms with Gasteiger partial charge in [0.25, 0.3) is 0 Å². The molecule has 0 unspecified atom stereocenters. The lowest BCUT2D eigenvalue weighted by molar-refractivity contribution is 0.832. The number of hydrogen-bond donors (Lipinski definition) is 1. The zero-order valence-corrected chi connectivity index (χ0v) is 9.63. The van der Waals surface area contributed by atoms with Crippen LogP contribution >= 0.6 is 0 Å². The van der Waals surface area contributed by atoms with Crippen molar-refractivity contribution >= 4 is 5.95 Å². The minimum atomic E-state index is 0.319. The van der Waals surface area contributed by atoms with E-state index in [9.17, 15) is 0 Å². The molecule has 0 radical (unpaired) electrons. The lowest BCUT2D eigenvalue weighted by atomic mass is 10.0. The van der Waals surface area contributed by atoms with Gasteiger partial charge in [-0.2, -0.15) is 0 Å². The van der Waals surface area contributed by atoms with Crippen LogP contribution < -0.4 is 5.73 Å². The van der Waals surface area contributed by atoms with Gasteiger partial charge in [-0.1, -0.05) is 24.3 Å². The fourth-order valence-corrected chi connectivity index (χ4v) is 1.98. The Bertz CT molecular complexity index is 498. The van der Waals surface area contributed by atoms with Gasteiger partial charge in [0.1, 0.15) is 0 Å². The third kappa shape index (κ3) is 2.44. The Labute approximate surface area is 101 Å². The molecule has 1 aliphatic carbocycles. The van der Waals surface area contributed by atoms with Crippen LogP contribution in [0.3, 0.4) is 0 Å². The average molecular weight is 225 g/mol. The summed E-state index contributed by atoms with van der Waals surface area (Å²) in [7, 11) is 0. The highest BCUT2D eigenvalue weighted by Gasteiger charge is 2.21. The Hall–Kier alpha value is -1.90. The van der Waals surface area contributed by atoms with Crippen molar-refractivity contribution in [2.75, 3.05) is 5.73 Å². The number of rotatable bonds is 3. The van der Waals surface area contributed by atoms with Crippen molar-refractivity contribution in [2.24, 2.45) is 5.92 Å². The maximum absolute atomic E-state index is 5.47. The molecular weight excluding hydrogens is 210 g/mol. The fraction of sp³-hybridized carbons (Fsp3) is 0.286. The first kappa shape index (κ1) is 10.3. The van der Waals surface area contributed by atoms with Crippen molar-refractivity contribution in [3.8, 4) is 11.1 Å². The SMILES string of the molecule is Nc1ncc(-c2ccc(CC3CC3)cc2)cn1. The van der Waals surface area contributed by atoms with Gasteiger partial charge in [0.05, 0.1) is 0 Å². The first-order valence-corrected chi connectivity index (χ1v) is 5.98. The summed E-state index contributed by atoms with van der Waals surface area (Å²) in [5.41, 5.74) is 9.05. The first-order chi connectivity index (χ1) is 8.31. The minimum Gasteiger partial charge on any atom is -0.368 e. The Morgan fingerprint density at radius 2 is 1.65 bits per heavy atom. The molecule has 1 saturated carbocycles. The summed E-state index contributed by atoms with van der Waals surface area (Å²) in [5, 5.41) is 0. The average Bonchev–Trinajstić information content (AvgIpc) is 3.15. The molecule has 1 fully saturated rings. The molecular formula is C14H15N3. The van der Waals surface area contributed by atoms with E-state index in [1.165, 1.54) is 24.8 Å². The summed E-state index contributed by atoms with van der Waals surface area (Å²) in [4.78, 5) is 8.01. The van der Waals surface area contributed by atoms with Crippen LogP contribution in [0.1, 0.15) is 18.4 Å². The topological polar surface area (TPSA) is 51.8 Å². The van der Waals surface area contributed by atoms with Crippen molar-refractivity contribution < 1.29 is 0 Å². The molecule has 2 N–H and O–H groups in total. The molecule has 1 aromatic heterocycles. The van der Waals surface area contributed by atoms with Gasteiger partial charge in [-0.3, -0.25) is 0 Å². The third-order valence-electron chi connectivity index (χ3n) is 3.18. The standard InChI is InChI=1S/C14H15N3/c15-14-16-8-13(9-17-14)12-5-3-11(4-6-12)7-10-1-2-10/h3-6,8-10H,1-2,7H2,(H2,15,16,17). The maximum atomic E-state index is 5.47. The van der Waals surface area contributed by atoms with Gasteiger partial charge in [-0.15, -0.1) is 0 Å². The second-order valence-electron chi connectivity index (χ2n) is 4.67. The molecule has 0 saturated heterocycles. The van der Waals surface area contributed by atoms with Crippen LogP contribution in [0.4, 0.5) is 5.95 Å². The number of aromatic nitrogens is 2.